The van der Waals surface area contributed by atoms with Gasteiger partial charge in [0.25, 0.3) is 0 Å². The number of allylic oxidation sites excluding steroid dienone is 3. The van der Waals surface area contributed by atoms with Crippen molar-refractivity contribution in [3.8, 4) is 0 Å². The van der Waals surface area contributed by atoms with Crippen molar-refractivity contribution in [2.24, 2.45) is 11.8 Å². The molecule has 0 spiro atoms. The first-order valence-electron chi connectivity index (χ1n) is 3.89. The largest absolute Gasteiger partial charge is 0.103 e. The molecule has 0 saturated carbocycles. The van der Waals surface area contributed by atoms with Gasteiger partial charge in [0.1, 0.15) is 0 Å². The van der Waals surface area contributed by atoms with Crippen molar-refractivity contribution in [1.82, 2.24) is 0 Å². The van der Waals surface area contributed by atoms with Crippen LogP contribution in [0.25, 0.3) is 0 Å². The van der Waals surface area contributed by atoms with Gasteiger partial charge in [-0.15, -0.1) is 11.8 Å². The Bertz CT molecular complexity index is 191. The Morgan fingerprint density at radius 1 is 1.60 bits per heavy atom. The lowest BCUT2D eigenvalue weighted by Crippen LogP contribution is -2.07. The quantitative estimate of drug-likeness (QED) is 0.513. The molecule has 2 unspecified atom stereocenters. The molecule has 0 aromatic heterocycles. The third kappa shape index (κ3) is 1.03. The first-order valence-corrected chi connectivity index (χ1v) is 4.77. The number of thioether (sulfide) groups is 1. The summed E-state index contributed by atoms with van der Waals surface area (Å²) in [6.45, 7) is 2.34. The summed E-state index contributed by atoms with van der Waals surface area (Å²) in [7, 11) is 0. The first kappa shape index (κ1) is 6.53. The lowest BCUT2D eigenvalue weighted by Gasteiger charge is -2.20. The van der Waals surface area contributed by atoms with Crippen LogP contribution in [0.2, 0.25) is 0 Å². The zero-order valence-corrected chi connectivity index (χ0v) is 7.03. The van der Waals surface area contributed by atoms with Crippen LogP contribution in [0, 0.1) is 11.8 Å². The molecule has 0 aromatic carbocycles. The highest BCUT2D eigenvalue weighted by molar-refractivity contribution is 8.06. The van der Waals surface area contributed by atoms with Crippen molar-refractivity contribution >= 4 is 11.8 Å². The molecule has 2 rings (SSSR count). The number of fused-ring (bicyclic) bond motifs is 1. The summed E-state index contributed by atoms with van der Waals surface area (Å²) in [6.07, 6.45) is 7.41. The molecule has 54 valence electrons. The van der Waals surface area contributed by atoms with E-state index in [1.807, 2.05) is 11.8 Å². The lowest BCUT2D eigenvalue weighted by atomic mass is 9.88. The molecular formula is C9H12S. The predicted molar refractivity (Wildman–Crippen MR) is 46.7 cm³/mol. The maximum atomic E-state index is 2.41. The summed E-state index contributed by atoms with van der Waals surface area (Å²) in [5.41, 5.74) is 0. The Labute approximate surface area is 66.4 Å². The van der Waals surface area contributed by atoms with Gasteiger partial charge in [0, 0.05) is 5.92 Å². The minimum atomic E-state index is 0.786. The second kappa shape index (κ2) is 2.46. The monoisotopic (exact) mass is 152 g/mol. The number of rotatable bonds is 0. The predicted octanol–water partition coefficient (Wildman–Crippen LogP) is 3.18. The average Bonchev–Trinajstić information content (AvgIpc) is 2.33. The maximum absolute atomic E-state index is 2.41. The van der Waals surface area contributed by atoms with E-state index in [1.54, 1.807) is 4.91 Å². The van der Waals surface area contributed by atoms with Crippen LogP contribution in [0.15, 0.2) is 22.5 Å². The van der Waals surface area contributed by atoms with Crippen LogP contribution in [0.4, 0.5) is 0 Å². The minimum Gasteiger partial charge on any atom is -0.103 e. The number of hydrogen-bond acceptors (Lipinski definition) is 1. The van der Waals surface area contributed by atoms with Crippen molar-refractivity contribution in [3.63, 3.8) is 0 Å². The van der Waals surface area contributed by atoms with Crippen LogP contribution in [0.3, 0.4) is 0 Å². The molecule has 10 heavy (non-hydrogen) atoms. The second-order valence-electron chi connectivity index (χ2n) is 3.24. The van der Waals surface area contributed by atoms with Crippen LogP contribution in [-0.4, -0.2) is 0 Å². The Morgan fingerprint density at radius 2 is 2.50 bits per heavy atom. The molecule has 0 saturated heterocycles. The van der Waals surface area contributed by atoms with Crippen molar-refractivity contribution in [2.75, 3.05) is 0 Å². The van der Waals surface area contributed by atoms with Gasteiger partial charge in [0.2, 0.25) is 0 Å². The van der Waals surface area contributed by atoms with Crippen LogP contribution in [0.5, 0.6) is 0 Å². The Hall–Kier alpha value is -0.170. The summed E-state index contributed by atoms with van der Waals surface area (Å²) < 4.78 is 0. The molecule has 0 fully saturated rings. The van der Waals surface area contributed by atoms with Crippen molar-refractivity contribution in [1.29, 1.82) is 0 Å². The molecule has 1 heterocycles. The highest BCUT2D eigenvalue weighted by Crippen LogP contribution is 2.41. The van der Waals surface area contributed by atoms with E-state index in [-0.39, 0.29) is 0 Å². The average molecular weight is 152 g/mol. The second-order valence-corrected chi connectivity index (χ2v) is 4.22. The minimum absolute atomic E-state index is 0.786. The molecule has 0 radical (unpaired) electrons. The molecule has 1 heteroatoms. The fourth-order valence-corrected chi connectivity index (χ4v) is 2.60. The zero-order chi connectivity index (χ0) is 6.97. The van der Waals surface area contributed by atoms with E-state index in [0.29, 0.717) is 0 Å². The molecule has 1 aliphatic heterocycles. The normalized spacial score (nSPS) is 37.5. The molecule has 2 atom stereocenters. The molecule has 2 aliphatic rings. The number of hydrogen-bond donors (Lipinski definition) is 0. The van der Waals surface area contributed by atoms with Gasteiger partial charge in [0.05, 0.1) is 0 Å². The van der Waals surface area contributed by atoms with Gasteiger partial charge < -0.3 is 0 Å². The van der Waals surface area contributed by atoms with Crippen LogP contribution in [-0.2, 0) is 0 Å². The molecule has 0 N–H and O–H groups in total. The molecule has 0 aromatic rings. The molecule has 0 amide bonds. The van der Waals surface area contributed by atoms with Crippen LogP contribution < -0.4 is 0 Å². The van der Waals surface area contributed by atoms with E-state index in [0.717, 1.165) is 11.8 Å². The van der Waals surface area contributed by atoms with Gasteiger partial charge in [-0.05, 0) is 29.1 Å². The Kier molecular flexibility index (Phi) is 1.61. The van der Waals surface area contributed by atoms with Gasteiger partial charge >= 0.3 is 0 Å². The van der Waals surface area contributed by atoms with Crippen molar-refractivity contribution in [3.05, 3.63) is 22.5 Å². The van der Waals surface area contributed by atoms with Gasteiger partial charge in [-0.2, -0.15) is 0 Å². The third-order valence-electron chi connectivity index (χ3n) is 2.26. The fourth-order valence-electron chi connectivity index (χ4n) is 1.64. The van der Waals surface area contributed by atoms with Crippen molar-refractivity contribution < 1.29 is 0 Å². The standard InChI is InChI=1S/C9H12S/c1-7-2-3-9-8(6-7)4-5-10-9/h3-5,7-8H,2,6H2,1H3. The SMILES string of the molecule is CC1CC=C2SC=CC2C1. The Balaban J connectivity index is 2.18. The highest BCUT2D eigenvalue weighted by Gasteiger charge is 2.22. The summed E-state index contributed by atoms with van der Waals surface area (Å²) in [5.74, 6) is 1.69. The topological polar surface area (TPSA) is 0 Å². The van der Waals surface area contributed by atoms with Gasteiger partial charge in [-0.25, -0.2) is 0 Å². The van der Waals surface area contributed by atoms with Crippen LogP contribution in [0.1, 0.15) is 19.8 Å². The van der Waals surface area contributed by atoms with E-state index in [9.17, 15) is 0 Å². The molecule has 0 bridgehead atoms. The van der Waals surface area contributed by atoms with Gasteiger partial charge in [-0.1, -0.05) is 19.1 Å². The maximum Gasteiger partial charge on any atom is 0.00889 e. The molecule has 0 nitrogen and oxygen atoms in total. The zero-order valence-electron chi connectivity index (χ0n) is 6.21. The fraction of sp³-hybridized carbons (Fsp3) is 0.556. The van der Waals surface area contributed by atoms with E-state index >= 15 is 0 Å². The highest BCUT2D eigenvalue weighted by atomic mass is 32.2. The van der Waals surface area contributed by atoms with Gasteiger partial charge in [0.15, 0.2) is 0 Å². The summed E-state index contributed by atoms with van der Waals surface area (Å²) in [4.78, 5) is 1.60. The molecular weight excluding hydrogens is 140 g/mol. The van der Waals surface area contributed by atoms with Crippen molar-refractivity contribution in [2.45, 2.75) is 19.8 Å². The summed E-state index contributed by atoms with van der Waals surface area (Å²) >= 11 is 1.91. The summed E-state index contributed by atoms with van der Waals surface area (Å²) in [5, 5.41) is 2.23. The third-order valence-corrected chi connectivity index (χ3v) is 3.29. The lowest BCUT2D eigenvalue weighted by molar-refractivity contribution is 0.471. The van der Waals surface area contributed by atoms with Gasteiger partial charge in [-0.3, -0.25) is 0 Å². The first-order chi connectivity index (χ1) is 4.86. The Morgan fingerprint density at radius 3 is 3.40 bits per heavy atom. The van der Waals surface area contributed by atoms with E-state index < -0.39 is 0 Å². The van der Waals surface area contributed by atoms with E-state index in [1.165, 1.54) is 12.8 Å². The molecule has 1 aliphatic carbocycles. The smallest absolute Gasteiger partial charge is 0.00889 e. The van der Waals surface area contributed by atoms with E-state index in [2.05, 4.69) is 24.5 Å². The summed E-state index contributed by atoms with van der Waals surface area (Å²) in [6, 6.07) is 0. The van der Waals surface area contributed by atoms with Crippen LogP contribution >= 0.6 is 11.8 Å². The van der Waals surface area contributed by atoms with E-state index in [4.69, 9.17) is 0 Å².